The van der Waals surface area contributed by atoms with E-state index in [9.17, 15) is 14.3 Å². The first-order chi connectivity index (χ1) is 13.7. The first kappa shape index (κ1) is 22.6. The molecular formula is C22H28FNO5. The summed E-state index contributed by atoms with van der Waals surface area (Å²) in [5.41, 5.74) is -0.0267. The third-order valence-corrected chi connectivity index (χ3v) is 4.38. The van der Waals surface area contributed by atoms with E-state index in [0.29, 0.717) is 5.75 Å². The van der Waals surface area contributed by atoms with Crippen LogP contribution in [0.15, 0.2) is 48.5 Å². The zero-order valence-corrected chi connectivity index (χ0v) is 17.1. The van der Waals surface area contributed by atoms with Crippen molar-refractivity contribution in [3.63, 3.8) is 0 Å². The van der Waals surface area contributed by atoms with Crippen molar-refractivity contribution in [1.29, 1.82) is 0 Å². The largest absolute Gasteiger partial charge is 0.497 e. The lowest BCUT2D eigenvalue weighted by atomic mass is 9.97. The molecule has 158 valence electrons. The van der Waals surface area contributed by atoms with Crippen molar-refractivity contribution in [2.24, 2.45) is 5.92 Å². The average molecular weight is 405 g/mol. The van der Waals surface area contributed by atoms with Gasteiger partial charge in [-0.2, -0.15) is 0 Å². The smallest absolute Gasteiger partial charge is 0.409 e. The quantitative estimate of drug-likeness (QED) is 0.612. The number of amides is 1. The number of methoxy groups -OCH3 is 1. The van der Waals surface area contributed by atoms with Crippen molar-refractivity contribution in [1.82, 2.24) is 5.32 Å². The van der Waals surface area contributed by atoms with Gasteiger partial charge in [-0.1, -0.05) is 37.3 Å². The van der Waals surface area contributed by atoms with Crippen molar-refractivity contribution >= 4 is 6.09 Å². The van der Waals surface area contributed by atoms with E-state index >= 15 is 0 Å². The van der Waals surface area contributed by atoms with E-state index in [1.54, 1.807) is 20.8 Å². The molecule has 0 aromatic heterocycles. The standard InChI is InChI=1S/C22H28FNO5/c1-15(20(25)18-12-17(27-4)10-11-19(18)23)13-29-22(2,3)24-21(26)28-14-16-8-6-5-7-9-16/h5-12,15,20,25H,13-14H2,1-4H3,(H,24,26)/t15-,20?/m1/s1. The summed E-state index contributed by atoms with van der Waals surface area (Å²) < 4.78 is 30.1. The minimum absolute atomic E-state index is 0.0871. The monoisotopic (exact) mass is 405 g/mol. The van der Waals surface area contributed by atoms with Crippen LogP contribution in [0.2, 0.25) is 0 Å². The minimum atomic E-state index is -1.09. The molecule has 0 saturated heterocycles. The molecule has 29 heavy (non-hydrogen) atoms. The highest BCUT2D eigenvalue weighted by Crippen LogP contribution is 2.28. The van der Waals surface area contributed by atoms with Gasteiger partial charge in [-0.25, -0.2) is 9.18 Å². The maximum atomic E-state index is 14.1. The van der Waals surface area contributed by atoms with Crippen molar-refractivity contribution in [2.45, 2.75) is 39.2 Å². The molecule has 0 heterocycles. The first-order valence-corrected chi connectivity index (χ1v) is 9.36. The molecule has 2 N–H and O–H groups in total. The van der Waals surface area contributed by atoms with Crippen LogP contribution in [0.5, 0.6) is 5.75 Å². The summed E-state index contributed by atoms with van der Waals surface area (Å²) in [6.07, 6.45) is -1.71. The fourth-order valence-corrected chi connectivity index (χ4v) is 2.65. The second-order valence-corrected chi connectivity index (χ2v) is 7.32. The first-order valence-electron chi connectivity index (χ1n) is 9.36. The zero-order valence-electron chi connectivity index (χ0n) is 17.1. The Balaban J connectivity index is 1.85. The molecule has 0 fully saturated rings. The number of aliphatic hydroxyl groups excluding tert-OH is 1. The Labute approximate surface area is 170 Å². The summed E-state index contributed by atoms with van der Waals surface area (Å²) in [5.74, 6) is -0.498. The Bertz CT molecular complexity index is 797. The number of hydrogen-bond donors (Lipinski definition) is 2. The lowest BCUT2D eigenvalue weighted by Gasteiger charge is -2.29. The number of carbonyl (C=O) groups excluding carboxylic acids is 1. The van der Waals surface area contributed by atoms with Gasteiger partial charge in [-0.3, -0.25) is 5.32 Å². The normalized spacial score (nSPS) is 13.4. The van der Waals surface area contributed by atoms with Gasteiger partial charge in [-0.15, -0.1) is 0 Å². The molecule has 0 radical (unpaired) electrons. The van der Waals surface area contributed by atoms with Crippen LogP contribution in [-0.4, -0.2) is 30.6 Å². The minimum Gasteiger partial charge on any atom is -0.497 e. The van der Waals surface area contributed by atoms with E-state index in [1.165, 1.54) is 25.3 Å². The van der Waals surface area contributed by atoms with Gasteiger partial charge in [0, 0.05) is 11.5 Å². The van der Waals surface area contributed by atoms with Gasteiger partial charge in [0.2, 0.25) is 0 Å². The Morgan fingerprint density at radius 1 is 1.21 bits per heavy atom. The van der Waals surface area contributed by atoms with Gasteiger partial charge in [0.1, 0.15) is 23.9 Å². The number of nitrogens with one attached hydrogen (secondary N) is 1. The predicted octanol–water partition coefficient (Wildman–Crippen LogP) is 4.18. The molecule has 2 atom stereocenters. The molecule has 6 nitrogen and oxygen atoms in total. The summed E-state index contributed by atoms with van der Waals surface area (Å²) in [7, 11) is 1.47. The predicted molar refractivity (Wildman–Crippen MR) is 107 cm³/mol. The summed E-state index contributed by atoms with van der Waals surface area (Å²) >= 11 is 0. The van der Waals surface area contributed by atoms with Gasteiger partial charge < -0.3 is 19.3 Å². The van der Waals surface area contributed by atoms with Gasteiger partial charge in [0.15, 0.2) is 0 Å². The number of benzene rings is 2. The molecule has 0 saturated carbocycles. The van der Waals surface area contributed by atoms with Crippen LogP contribution in [0.4, 0.5) is 9.18 Å². The third kappa shape index (κ3) is 7.03. The van der Waals surface area contributed by atoms with Crippen molar-refractivity contribution < 1.29 is 28.5 Å². The van der Waals surface area contributed by atoms with Crippen LogP contribution < -0.4 is 10.1 Å². The number of hydrogen-bond acceptors (Lipinski definition) is 5. The van der Waals surface area contributed by atoms with Crippen molar-refractivity contribution in [2.75, 3.05) is 13.7 Å². The molecule has 1 unspecified atom stereocenters. The second-order valence-electron chi connectivity index (χ2n) is 7.32. The third-order valence-electron chi connectivity index (χ3n) is 4.38. The van der Waals surface area contributed by atoms with E-state index in [0.717, 1.165) is 5.56 Å². The van der Waals surface area contributed by atoms with Crippen LogP contribution in [-0.2, 0) is 16.1 Å². The lowest BCUT2D eigenvalue weighted by molar-refractivity contribution is -0.0714. The van der Waals surface area contributed by atoms with E-state index in [4.69, 9.17) is 14.2 Å². The van der Waals surface area contributed by atoms with Gasteiger partial charge in [-0.05, 0) is 37.6 Å². The summed E-state index contributed by atoms with van der Waals surface area (Å²) in [4.78, 5) is 12.0. The summed E-state index contributed by atoms with van der Waals surface area (Å²) in [6.45, 7) is 5.30. The fourth-order valence-electron chi connectivity index (χ4n) is 2.65. The number of ether oxygens (including phenoxy) is 3. The Hall–Kier alpha value is -2.64. The summed E-state index contributed by atoms with van der Waals surface area (Å²) in [6, 6.07) is 13.5. The Morgan fingerprint density at radius 3 is 2.55 bits per heavy atom. The highest BCUT2D eigenvalue weighted by atomic mass is 19.1. The molecule has 2 aromatic rings. The highest BCUT2D eigenvalue weighted by molar-refractivity contribution is 5.67. The van der Waals surface area contributed by atoms with Crippen LogP contribution in [0.25, 0.3) is 0 Å². The van der Waals surface area contributed by atoms with Crippen LogP contribution >= 0.6 is 0 Å². The maximum Gasteiger partial charge on any atom is 0.409 e. The number of alkyl carbamates (subject to hydrolysis) is 1. The highest BCUT2D eigenvalue weighted by Gasteiger charge is 2.26. The summed E-state index contributed by atoms with van der Waals surface area (Å²) in [5, 5.41) is 13.1. The second kappa shape index (κ2) is 10.2. The van der Waals surface area contributed by atoms with Gasteiger partial charge in [0.25, 0.3) is 0 Å². The lowest BCUT2D eigenvalue weighted by Crippen LogP contribution is -2.46. The fraction of sp³-hybridized carbons (Fsp3) is 0.409. The SMILES string of the molecule is COc1ccc(F)c(C(O)[C@H](C)COC(C)(C)NC(=O)OCc2ccccc2)c1. The molecule has 2 rings (SSSR count). The molecule has 0 aliphatic carbocycles. The van der Waals surface area contributed by atoms with Crippen LogP contribution in [0.1, 0.15) is 38.0 Å². The van der Waals surface area contributed by atoms with E-state index in [-0.39, 0.29) is 18.8 Å². The molecule has 0 spiro atoms. The molecule has 7 heteroatoms. The number of rotatable bonds is 9. The Morgan fingerprint density at radius 2 is 1.90 bits per heavy atom. The topological polar surface area (TPSA) is 77.0 Å². The van der Waals surface area contributed by atoms with Crippen molar-refractivity contribution in [3.8, 4) is 5.75 Å². The van der Waals surface area contributed by atoms with E-state index in [2.05, 4.69) is 5.32 Å². The van der Waals surface area contributed by atoms with E-state index < -0.39 is 29.7 Å². The molecule has 0 bridgehead atoms. The molecule has 2 aromatic carbocycles. The Kier molecular flexibility index (Phi) is 7.99. The average Bonchev–Trinajstić information content (AvgIpc) is 2.71. The molecule has 0 aliphatic rings. The van der Waals surface area contributed by atoms with Gasteiger partial charge >= 0.3 is 6.09 Å². The van der Waals surface area contributed by atoms with E-state index in [1.807, 2.05) is 30.3 Å². The number of halogens is 1. The zero-order chi connectivity index (χ0) is 21.4. The number of carbonyl (C=O) groups is 1. The van der Waals surface area contributed by atoms with Crippen molar-refractivity contribution in [3.05, 3.63) is 65.5 Å². The van der Waals surface area contributed by atoms with Gasteiger partial charge in [0.05, 0.1) is 19.8 Å². The molecule has 1 amide bonds. The van der Waals surface area contributed by atoms with Crippen LogP contribution in [0.3, 0.4) is 0 Å². The molecule has 0 aliphatic heterocycles. The number of aliphatic hydroxyl groups is 1. The van der Waals surface area contributed by atoms with Crippen LogP contribution in [0, 0.1) is 11.7 Å². The maximum absolute atomic E-state index is 14.1. The molecular weight excluding hydrogens is 377 g/mol.